The maximum absolute atomic E-state index is 13.2. The molecule has 1 saturated heterocycles. The van der Waals surface area contributed by atoms with Gasteiger partial charge in [-0.3, -0.25) is 14.5 Å². The van der Waals surface area contributed by atoms with Gasteiger partial charge in [-0.05, 0) is 46.6 Å². The molecular weight excluding hydrogens is 328 g/mol. The summed E-state index contributed by atoms with van der Waals surface area (Å²) in [5, 5.41) is 0. The SMILES string of the molecule is CCN(CC)C(=O)[C@@H](c1ccccc1)N1CC[C@H](C(=O)OC(C)(C)C)C1. The van der Waals surface area contributed by atoms with Crippen LogP contribution in [0, 0.1) is 5.92 Å². The number of likely N-dealkylation sites (tertiary alicyclic amines) is 1. The van der Waals surface area contributed by atoms with Crippen molar-refractivity contribution in [2.45, 2.75) is 52.7 Å². The maximum Gasteiger partial charge on any atom is 0.310 e. The molecule has 1 aliphatic heterocycles. The lowest BCUT2D eigenvalue weighted by atomic mass is 10.0. The van der Waals surface area contributed by atoms with Crippen molar-refractivity contribution in [1.29, 1.82) is 0 Å². The van der Waals surface area contributed by atoms with Gasteiger partial charge in [-0.2, -0.15) is 0 Å². The molecule has 0 saturated carbocycles. The Hall–Kier alpha value is -1.88. The fourth-order valence-electron chi connectivity index (χ4n) is 3.45. The molecule has 2 atom stereocenters. The number of hydrogen-bond donors (Lipinski definition) is 0. The summed E-state index contributed by atoms with van der Waals surface area (Å²) < 4.78 is 5.54. The first-order chi connectivity index (χ1) is 12.3. The molecule has 5 heteroatoms. The van der Waals surface area contributed by atoms with Crippen LogP contribution in [-0.4, -0.2) is 53.5 Å². The minimum Gasteiger partial charge on any atom is -0.460 e. The predicted octanol–water partition coefficient (Wildman–Crippen LogP) is 3.26. The number of hydrogen-bond acceptors (Lipinski definition) is 4. The Labute approximate surface area is 157 Å². The fourth-order valence-corrected chi connectivity index (χ4v) is 3.45. The molecule has 1 fully saturated rings. The second-order valence-electron chi connectivity index (χ2n) is 7.84. The molecule has 2 rings (SSSR count). The summed E-state index contributed by atoms with van der Waals surface area (Å²) in [6.07, 6.45) is 0.726. The number of benzene rings is 1. The van der Waals surface area contributed by atoms with Gasteiger partial charge in [0.25, 0.3) is 0 Å². The highest BCUT2D eigenvalue weighted by molar-refractivity contribution is 5.83. The van der Waals surface area contributed by atoms with Crippen molar-refractivity contribution < 1.29 is 14.3 Å². The molecule has 0 bridgehead atoms. The molecule has 0 radical (unpaired) electrons. The monoisotopic (exact) mass is 360 g/mol. The molecule has 1 heterocycles. The van der Waals surface area contributed by atoms with E-state index < -0.39 is 5.60 Å². The van der Waals surface area contributed by atoms with Gasteiger partial charge in [-0.1, -0.05) is 30.3 Å². The van der Waals surface area contributed by atoms with Crippen molar-refractivity contribution in [1.82, 2.24) is 9.80 Å². The highest BCUT2D eigenvalue weighted by Gasteiger charge is 2.38. The lowest BCUT2D eigenvalue weighted by Gasteiger charge is -2.32. The Balaban J connectivity index is 2.19. The van der Waals surface area contributed by atoms with Crippen LogP contribution in [0.5, 0.6) is 0 Å². The van der Waals surface area contributed by atoms with E-state index in [0.717, 1.165) is 18.5 Å². The third-order valence-electron chi connectivity index (χ3n) is 4.75. The lowest BCUT2D eigenvalue weighted by Crippen LogP contribution is -2.42. The molecule has 144 valence electrons. The van der Waals surface area contributed by atoms with Crippen LogP contribution in [-0.2, 0) is 14.3 Å². The van der Waals surface area contributed by atoms with E-state index >= 15 is 0 Å². The van der Waals surface area contributed by atoms with Crippen molar-refractivity contribution in [3.8, 4) is 0 Å². The van der Waals surface area contributed by atoms with E-state index in [2.05, 4.69) is 4.90 Å². The first kappa shape index (κ1) is 20.4. The van der Waals surface area contributed by atoms with Gasteiger partial charge < -0.3 is 9.64 Å². The average Bonchev–Trinajstić information content (AvgIpc) is 3.05. The summed E-state index contributed by atoms with van der Waals surface area (Å²) in [5.41, 5.74) is 0.495. The highest BCUT2D eigenvalue weighted by Crippen LogP contribution is 2.30. The number of amides is 1. The zero-order valence-electron chi connectivity index (χ0n) is 16.7. The highest BCUT2D eigenvalue weighted by atomic mass is 16.6. The smallest absolute Gasteiger partial charge is 0.310 e. The van der Waals surface area contributed by atoms with Gasteiger partial charge in [-0.15, -0.1) is 0 Å². The second-order valence-corrected chi connectivity index (χ2v) is 7.84. The van der Waals surface area contributed by atoms with Crippen molar-refractivity contribution in [3.63, 3.8) is 0 Å². The number of rotatable bonds is 6. The normalized spacial score (nSPS) is 19.2. The molecule has 0 spiro atoms. The predicted molar refractivity (Wildman–Crippen MR) is 103 cm³/mol. The van der Waals surface area contributed by atoms with Crippen molar-refractivity contribution in [3.05, 3.63) is 35.9 Å². The second kappa shape index (κ2) is 8.67. The summed E-state index contributed by atoms with van der Waals surface area (Å²) in [7, 11) is 0. The standard InChI is InChI=1S/C21H32N2O3/c1-6-22(7-2)19(24)18(16-11-9-8-10-12-16)23-14-13-17(15-23)20(25)26-21(3,4)5/h8-12,17-18H,6-7,13-15H2,1-5H3/t17-,18+/m0/s1. The third-order valence-corrected chi connectivity index (χ3v) is 4.75. The van der Waals surface area contributed by atoms with Crippen LogP contribution < -0.4 is 0 Å². The fraction of sp³-hybridized carbons (Fsp3) is 0.619. The van der Waals surface area contributed by atoms with Gasteiger partial charge in [0, 0.05) is 26.2 Å². The first-order valence-electron chi connectivity index (χ1n) is 9.57. The number of ether oxygens (including phenoxy) is 1. The number of likely N-dealkylation sites (N-methyl/N-ethyl adjacent to an activating group) is 1. The van der Waals surface area contributed by atoms with Gasteiger partial charge in [0.05, 0.1) is 5.92 Å². The van der Waals surface area contributed by atoms with Crippen LogP contribution in [0.3, 0.4) is 0 Å². The summed E-state index contributed by atoms with van der Waals surface area (Å²) in [6.45, 7) is 12.3. The van der Waals surface area contributed by atoms with Gasteiger partial charge >= 0.3 is 5.97 Å². The Bertz CT molecular complexity index is 605. The summed E-state index contributed by atoms with van der Waals surface area (Å²) in [5.74, 6) is -0.238. The van der Waals surface area contributed by atoms with Gasteiger partial charge in [0.15, 0.2) is 0 Å². The molecule has 0 N–H and O–H groups in total. The van der Waals surface area contributed by atoms with Crippen LogP contribution in [0.4, 0.5) is 0 Å². The molecule has 1 aliphatic rings. The molecule has 0 unspecified atom stereocenters. The first-order valence-corrected chi connectivity index (χ1v) is 9.57. The molecule has 1 aromatic rings. The molecule has 0 aromatic heterocycles. The van der Waals surface area contributed by atoms with Crippen molar-refractivity contribution in [2.75, 3.05) is 26.2 Å². The van der Waals surface area contributed by atoms with Crippen LogP contribution in [0.25, 0.3) is 0 Å². The minimum absolute atomic E-state index is 0.103. The minimum atomic E-state index is -0.486. The quantitative estimate of drug-likeness (QED) is 0.731. The zero-order valence-corrected chi connectivity index (χ0v) is 16.7. The number of carbonyl (C=O) groups excluding carboxylic acids is 2. The summed E-state index contributed by atoms with van der Waals surface area (Å²) in [4.78, 5) is 29.6. The molecule has 5 nitrogen and oxygen atoms in total. The number of carbonyl (C=O) groups is 2. The molecule has 1 amide bonds. The largest absolute Gasteiger partial charge is 0.460 e. The molecule has 0 aliphatic carbocycles. The van der Waals surface area contributed by atoms with Crippen molar-refractivity contribution >= 4 is 11.9 Å². The van der Waals surface area contributed by atoms with E-state index in [1.165, 1.54) is 0 Å². The molecule has 26 heavy (non-hydrogen) atoms. The van der Waals surface area contributed by atoms with E-state index in [4.69, 9.17) is 4.74 Å². The van der Waals surface area contributed by atoms with E-state index in [0.29, 0.717) is 19.6 Å². The van der Waals surface area contributed by atoms with Crippen molar-refractivity contribution in [2.24, 2.45) is 5.92 Å². The van der Waals surface area contributed by atoms with E-state index in [9.17, 15) is 9.59 Å². The maximum atomic E-state index is 13.2. The number of nitrogens with zero attached hydrogens (tertiary/aromatic N) is 2. The van der Waals surface area contributed by atoms with Gasteiger partial charge in [0.1, 0.15) is 11.6 Å². The third kappa shape index (κ3) is 5.07. The Morgan fingerprint density at radius 2 is 1.81 bits per heavy atom. The van der Waals surface area contributed by atoms with Gasteiger partial charge in [-0.25, -0.2) is 0 Å². The summed E-state index contributed by atoms with van der Waals surface area (Å²) in [6, 6.07) is 9.51. The average molecular weight is 360 g/mol. The van der Waals surface area contributed by atoms with Crippen LogP contribution in [0.2, 0.25) is 0 Å². The Kier molecular flexibility index (Phi) is 6.81. The Morgan fingerprint density at radius 3 is 2.35 bits per heavy atom. The topological polar surface area (TPSA) is 49.9 Å². The van der Waals surface area contributed by atoms with Crippen LogP contribution >= 0.6 is 0 Å². The van der Waals surface area contributed by atoms with Crippen LogP contribution in [0.15, 0.2) is 30.3 Å². The van der Waals surface area contributed by atoms with E-state index in [1.807, 2.05) is 69.9 Å². The lowest BCUT2D eigenvalue weighted by molar-refractivity contribution is -0.159. The van der Waals surface area contributed by atoms with Gasteiger partial charge in [0.2, 0.25) is 5.91 Å². The number of esters is 1. The van der Waals surface area contributed by atoms with E-state index in [1.54, 1.807) is 0 Å². The Morgan fingerprint density at radius 1 is 1.19 bits per heavy atom. The molecule has 1 aromatic carbocycles. The molecular formula is C21H32N2O3. The van der Waals surface area contributed by atoms with E-state index in [-0.39, 0.29) is 23.8 Å². The zero-order chi connectivity index (χ0) is 19.3. The summed E-state index contributed by atoms with van der Waals surface area (Å²) >= 11 is 0. The van der Waals surface area contributed by atoms with Crippen LogP contribution in [0.1, 0.15) is 52.6 Å².